The lowest BCUT2D eigenvalue weighted by atomic mass is 10.3. The highest BCUT2D eigenvalue weighted by atomic mass is 79.9. The second-order valence-electron chi connectivity index (χ2n) is 2.55. The molecular weight excluding hydrogens is 253 g/mol. The lowest BCUT2D eigenvalue weighted by Crippen LogP contribution is -1.97. The van der Waals surface area contributed by atoms with Gasteiger partial charge in [0.25, 0.3) is 0 Å². The summed E-state index contributed by atoms with van der Waals surface area (Å²) in [6, 6.07) is 5.90. The lowest BCUT2D eigenvalue weighted by molar-refractivity contribution is 0.958. The van der Waals surface area contributed by atoms with E-state index in [0.717, 1.165) is 21.3 Å². The minimum absolute atomic E-state index is 0. The van der Waals surface area contributed by atoms with Crippen molar-refractivity contribution in [3.05, 3.63) is 28.5 Å². The lowest BCUT2D eigenvalue weighted by Gasteiger charge is -1.87. The van der Waals surface area contributed by atoms with Crippen LogP contribution in [0.3, 0.4) is 0 Å². The monoisotopic (exact) mass is 261 g/mol. The molecule has 1 heterocycles. The molecule has 2 rings (SSSR count). The molecule has 70 valence electrons. The molecule has 5 heteroatoms. The van der Waals surface area contributed by atoms with Crippen molar-refractivity contribution in [1.82, 2.24) is 9.97 Å². The predicted molar refractivity (Wildman–Crippen MR) is 58.9 cm³/mol. The molecular formula is C8H9BrClN3. The summed E-state index contributed by atoms with van der Waals surface area (Å²) in [5, 5.41) is 0. The summed E-state index contributed by atoms with van der Waals surface area (Å²) in [7, 11) is 0. The summed E-state index contributed by atoms with van der Waals surface area (Å²) in [5.41, 5.74) is 7.42. The minimum Gasteiger partial charge on any atom is -0.341 e. The summed E-state index contributed by atoms with van der Waals surface area (Å²) < 4.78 is 1.04. The Morgan fingerprint density at radius 1 is 1.46 bits per heavy atom. The Kier molecular flexibility index (Phi) is 3.30. The number of aromatic nitrogens is 2. The Hall–Kier alpha value is -0.580. The highest BCUT2D eigenvalue weighted by Crippen LogP contribution is 2.17. The minimum atomic E-state index is 0. The third-order valence-electron chi connectivity index (χ3n) is 1.69. The normalized spacial score (nSPS) is 10.0. The average molecular weight is 263 g/mol. The number of aromatic amines is 1. The molecule has 0 fully saturated rings. The second-order valence-corrected chi connectivity index (χ2v) is 3.46. The molecule has 3 nitrogen and oxygen atoms in total. The molecule has 13 heavy (non-hydrogen) atoms. The first-order chi connectivity index (χ1) is 5.79. The van der Waals surface area contributed by atoms with Gasteiger partial charge in [-0.25, -0.2) is 4.98 Å². The van der Waals surface area contributed by atoms with Gasteiger partial charge in [0, 0.05) is 4.47 Å². The van der Waals surface area contributed by atoms with Crippen LogP contribution in [0.5, 0.6) is 0 Å². The van der Waals surface area contributed by atoms with Gasteiger partial charge in [0.2, 0.25) is 0 Å². The van der Waals surface area contributed by atoms with Crippen molar-refractivity contribution in [2.75, 3.05) is 0 Å². The molecule has 1 aromatic heterocycles. The maximum absolute atomic E-state index is 5.45. The van der Waals surface area contributed by atoms with Crippen molar-refractivity contribution in [3.63, 3.8) is 0 Å². The highest BCUT2D eigenvalue weighted by Gasteiger charge is 2.00. The van der Waals surface area contributed by atoms with Gasteiger partial charge >= 0.3 is 0 Å². The van der Waals surface area contributed by atoms with Crippen LogP contribution in [0.25, 0.3) is 11.0 Å². The van der Waals surface area contributed by atoms with Crippen LogP contribution < -0.4 is 5.73 Å². The van der Waals surface area contributed by atoms with Gasteiger partial charge in [0.05, 0.1) is 17.6 Å². The molecule has 0 unspecified atom stereocenters. The van der Waals surface area contributed by atoms with Gasteiger partial charge in [-0.05, 0) is 18.2 Å². The number of nitrogens with two attached hydrogens (primary N) is 1. The number of hydrogen-bond acceptors (Lipinski definition) is 2. The standard InChI is InChI=1S/C8H8BrN3.ClH/c9-5-1-2-6-7(3-5)12-8(4-10)11-6;/h1-3H,4,10H2,(H,11,12);1H. The molecule has 0 aliphatic carbocycles. The van der Waals surface area contributed by atoms with Crippen LogP contribution in [0.1, 0.15) is 5.82 Å². The Balaban J connectivity index is 0.000000845. The Labute approximate surface area is 90.3 Å². The second kappa shape index (κ2) is 4.09. The fourth-order valence-electron chi connectivity index (χ4n) is 1.13. The molecule has 0 saturated carbocycles. The molecule has 0 aliphatic heterocycles. The van der Waals surface area contributed by atoms with Crippen LogP contribution >= 0.6 is 28.3 Å². The molecule has 0 aliphatic rings. The van der Waals surface area contributed by atoms with Gasteiger partial charge < -0.3 is 10.7 Å². The summed E-state index contributed by atoms with van der Waals surface area (Å²) in [6.07, 6.45) is 0. The molecule has 3 N–H and O–H groups in total. The maximum Gasteiger partial charge on any atom is 0.121 e. The van der Waals surface area contributed by atoms with Crippen molar-refractivity contribution < 1.29 is 0 Å². The van der Waals surface area contributed by atoms with Crippen LogP contribution in [-0.4, -0.2) is 9.97 Å². The number of fused-ring (bicyclic) bond motifs is 1. The van der Waals surface area contributed by atoms with Gasteiger partial charge in [0.15, 0.2) is 0 Å². The maximum atomic E-state index is 5.45. The molecule has 0 amide bonds. The first-order valence-corrected chi connectivity index (χ1v) is 4.43. The summed E-state index contributed by atoms with van der Waals surface area (Å²) in [6.45, 7) is 0.451. The van der Waals surface area contributed by atoms with Crippen molar-refractivity contribution in [1.29, 1.82) is 0 Å². The number of hydrogen-bond donors (Lipinski definition) is 2. The van der Waals surface area contributed by atoms with E-state index in [2.05, 4.69) is 25.9 Å². The van der Waals surface area contributed by atoms with Crippen LogP contribution in [0.15, 0.2) is 22.7 Å². The zero-order valence-electron chi connectivity index (χ0n) is 6.75. The predicted octanol–water partition coefficient (Wildman–Crippen LogP) is 2.21. The first-order valence-electron chi connectivity index (χ1n) is 3.64. The van der Waals surface area contributed by atoms with E-state index in [1.54, 1.807) is 0 Å². The topological polar surface area (TPSA) is 54.7 Å². The van der Waals surface area contributed by atoms with Gasteiger partial charge in [-0.15, -0.1) is 12.4 Å². The Morgan fingerprint density at radius 3 is 2.92 bits per heavy atom. The average Bonchev–Trinajstić information content (AvgIpc) is 2.46. The summed E-state index contributed by atoms with van der Waals surface area (Å²) in [4.78, 5) is 7.39. The van der Waals surface area contributed by atoms with E-state index in [-0.39, 0.29) is 12.4 Å². The van der Waals surface area contributed by atoms with Crippen LogP contribution in [-0.2, 0) is 6.54 Å². The largest absolute Gasteiger partial charge is 0.341 e. The number of H-pyrrole nitrogens is 1. The van der Waals surface area contributed by atoms with E-state index in [1.807, 2.05) is 18.2 Å². The van der Waals surface area contributed by atoms with Crippen molar-refractivity contribution >= 4 is 39.4 Å². The zero-order valence-corrected chi connectivity index (χ0v) is 9.15. The number of rotatable bonds is 1. The smallest absolute Gasteiger partial charge is 0.121 e. The Morgan fingerprint density at radius 2 is 2.23 bits per heavy atom. The van der Waals surface area contributed by atoms with Crippen molar-refractivity contribution in [2.45, 2.75) is 6.54 Å². The van der Waals surface area contributed by atoms with Crippen molar-refractivity contribution in [3.8, 4) is 0 Å². The van der Waals surface area contributed by atoms with E-state index in [1.165, 1.54) is 0 Å². The Bertz CT molecular complexity index is 413. The first kappa shape index (κ1) is 10.5. The molecule has 0 saturated heterocycles. The molecule has 0 atom stereocenters. The summed E-state index contributed by atoms with van der Waals surface area (Å²) >= 11 is 3.38. The molecule has 2 aromatic rings. The zero-order chi connectivity index (χ0) is 8.55. The molecule has 0 bridgehead atoms. The number of nitrogens with zero attached hydrogens (tertiary/aromatic N) is 1. The quantitative estimate of drug-likeness (QED) is 0.828. The number of halogens is 2. The van der Waals surface area contributed by atoms with Gasteiger partial charge in [0.1, 0.15) is 5.82 Å². The highest BCUT2D eigenvalue weighted by molar-refractivity contribution is 9.10. The van der Waals surface area contributed by atoms with Crippen LogP contribution in [0.2, 0.25) is 0 Å². The van der Waals surface area contributed by atoms with E-state index < -0.39 is 0 Å². The van der Waals surface area contributed by atoms with E-state index >= 15 is 0 Å². The van der Waals surface area contributed by atoms with Gasteiger partial charge in [-0.1, -0.05) is 15.9 Å². The third kappa shape index (κ3) is 2.02. The van der Waals surface area contributed by atoms with Gasteiger partial charge in [-0.2, -0.15) is 0 Å². The van der Waals surface area contributed by atoms with Gasteiger partial charge in [-0.3, -0.25) is 0 Å². The van der Waals surface area contributed by atoms with Crippen LogP contribution in [0.4, 0.5) is 0 Å². The van der Waals surface area contributed by atoms with Crippen molar-refractivity contribution in [2.24, 2.45) is 5.73 Å². The fraction of sp³-hybridized carbons (Fsp3) is 0.125. The third-order valence-corrected chi connectivity index (χ3v) is 2.18. The number of benzene rings is 1. The van der Waals surface area contributed by atoms with E-state index in [0.29, 0.717) is 6.54 Å². The van der Waals surface area contributed by atoms with Crippen LogP contribution in [0, 0.1) is 0 Å². The fourth-order valence-corrected chi connectivity index (χ4v) is 1.49. The molecule has 0 spiro atoms. The van der Waals surface area contributed by atoms with E-state index in [9.17, 15) is 0 Å². The summed E-state index contributed by atoms with van der Waals surface area (Å²) in [5.74, 6) is 0.822. The molecule has 1 aromatic carbocycles. The SMILES string of the molecule is Cl.NCc1nc2ccc(Br)cc2[nH]1. The number of nitrogens with one attached hydrogen (secondary N) is 1. The van der Waals surface area contributed by atoms with E-state index in [4.69, 9.17) is 5.73 Å². The number of imidazole rings is 1. The molecule has 0 radical (unpaired) electrons.